The van der Waals surface area contributed by atoms with Crippen molar-refractivity contribution in [1.82, 2.24) is 18.9 Å². The normalized spacial score (nSPS) is 18.2. The van der Waals surface area contributed by atoms with E-state index in [1.807, 2.05) is 0 Å². The summed E-state index contributed by atoms with van der Waals surface area (Å²) in [5.74, 6) is -0.927. The number of likely N-dealkylation sites (tertiary alicyclic amines) is 1. The lowest BCUT2D eigenvalue weighted by atomic mass is 10.2. The van der Waals surface area contributed by atoms with Crippen LogP contribution in [-0.2, 0) is 37.4 Å². The number of carbonyl (C=O) groups excluding carboxylic acids is 2. The molecule has 2 saturated heterocycles. The highest BCUT2D eigenvalue weighted by Crippen LogP contribution is 2.30. The Morgan fingerprint density at radius 3 is 2.71 bits per heavy atom. The number of anilines is 1. The first-order chi connectivity index (χ1) is 18.3. The average Bonchev–Trinajstić information content (AvgIpc) is 3.59. The van der Waals surface area contributed by atoms with Crippen LogP contribution < -0.4 is 4.90 Å². The molecular formula is C24H25ClFN5O5S2. The molecule has 10 nitrogen and oxygen atoms in total. The smallest absolute Gasteiger partial charge is 0.314 e. The third-order valence-corrected chi connectivity index (χ3v) is 9.52. The second-order valence-electron chi connectivity index (χ2n) is 9.00. The fourth-order valence-corrected chi connectivity index (χ4v) is 7.20. The summed E-state index contributed by atoms with van der Waals surface area (Å²) >= 11 is 7.15. The van der Waals surface area contributed by atoms with Gasteiger partial charge in [0.1, 0.15) is 17.7 Å². The van der Waals surface area contributed by atoms with Crippen molar-refractivity contribution in [2.75, 3.05) is 30.3 Å². The van der Waals surface area contributed by atoms with E-state index in [4.69, 9.17) is 16.4 Å². The molecule has 38 heavy (non-hydrogen) atoms. The average molecular weight is 582 g/mol. The standard InChI is InChI=1S/C24H25ClFN5O5S2/c25-22-5-3-18(37-22)7-13-38(34,35)31(36-16-32)21-6-11-30(24(21)33)20-4-2-17(14-19(20)26)29-12-8-27-23(29)15-28-9-1-10-28/h2-5,8,12,14,16,21H,1,6-7,9-11,13,15H2. The van der Waals surface area contributed by atoms with Crippen molar-refractivity contribution < 1.29 is 27.2 Å². The monoisotopic (exact) mass is 581 g/mol. The number of sulfonamides is 1. The van der Waals surface area contributed by atoms with Crippen LogP contribution >= 0.6 is 22.9 Å². The molecule has 1 unspecified atom stereocenters. The second kappa shape index (κ2) is 11.1. The highest BCUT2D eigenvalue weighted by Gasteiger charge is 2.44. The first kappa shape index (κ1) is 26.8. The van der Waals surface area contributed by atoms with Crippen molar-refractivity contribution in [1.29, 1.82) is 0 Å². The Labute approximate surface area is 228 Å². The van der Waals surface area contributed by atoms with Crippen LogP contribution in [0.4, 0.5) is 10.1 Å². The van der Waals surface area contributed by atoms with Crippen molar-refractivity contribution in [3.8, 4) is 5.69 Å². The number of imidazole rings is 1. The van der Waals surface area contributed by atoms with E-state index in [2.05, 4.69) is 9.88 Å². The van der Waals surface area contributed by atoms with E-state index >= 15 is 4.39 Å². The number of hydroxylamine groups is 1. The summed E-state index contributed by atoms with van der Waals surface area (Å²) < 4.78 is 44.1. The Morgan fingerprint density at radius 1 is 1.24 bits per heavy atom. The highest BCUT2D eigenvalue weighted by molar-refractivity contribution is 7.89. The molecule has 2 aliphatic rings. The zero-order chi connectivity index (χ0) is 26.9. The van der Waals surface area contributed by atoms with Gasteiger partial charge in [-0.1, -0.05) is 11.6 Å². The molecule has 2 aromatic heterocycles. The third kappa shape index (κ3) is 5.47. The zero-order valence-corrected chi connectivity index (χ0v) is 22.6. The minimum absolute atomic E-state index is 0.0161. The number of halogens is 2. The molecule has 1 amide bonds. The van der Waals surface area contributed by atoms with Crippen LogP contribution in [-0.4, -0.2) is 71.1 Å². The van der Waals surface area contributed by atoms with Crippen molar-refractivity contribution in [3.63, 3.8) is 0 Å². The van der Waals surface area contributed by atoms with Crippen LogP contribution in [0.2, 0.25) is 4.34 Å². The Balaban J connectivity index is 1.32. The summed E-state index contributed by atoms with van der Waals surface area (Å²) in [6.45, 7) is 2.68. The summed E-state index contributed by atoms with van der Waals surface area (Å²) in [5, 5.41) is 0. The SMILES string of the molecule is O=CON(C1CCN(c2ccc(-n3ccnc3CN3CCC3)cc2F)C1=O)S(=O)(=O)CCc1ccc(Cl)s1. The van der Waals surface area contributed by atoms with E-state index < -0.39 is 33.5 Å². The highest BCUT2D eigenvalue weighted by atomic mass is 35.5. The first-order valence-corrected chi connectivity index (χ1v) is 14.8. The molecule has 1 aromatic carbocycles. The Bertz CT molecular complexity index is 1440. The van der Waals surface area contributed by atoms with Gasteiger partial charge in [0.05, 0.1) is 22.3 Å². The molecule has 0 N–H and O–H groups in total. The molecule has 2 fully saturated rings. The van der Waals surface area contributed by atoms with Gasteiger partial charge in [0.25, 0.3) is 0 Å². The lowest BCUT2D eigenvalue weighted by molar-refractivity contribution is -0.160. The summed E-state index contributed by atoms with van der Waals surface area (Å²) in [7, 11) is -4.17. The van der Waals surface area contributed by atoms with Crippen LogP contribution in [0.5, 0.6) is 0 Å². The van der Waals surface area contributed by atoms with Crippen molar-refractivity contribution >= 4 is 51.0 Å². The van der Waals surface area contributed by atoms with Crippen LogP contribution in [0.1, 0.15) is 23.5 Å². The van der Waals surface area contributed by atoms with Gasteiger partial charge in [0.15, 0.2) is 0 Å². The number of amides is 1. The number of thiophene rings is 1. The van der Waals surface area contributed by atoms with Crippen LogP contribution in [0.3, 0.4) is 0 Å². The van der Waals surface area contributed by atoms with Gasteiger partial charge < -0.3 is 14.3 Å². The molecule has 0 bridgehead atoms. The van der Waals surface area contributed by atoms with Gasteiger partial charge in [-0.25, -0.2) is 17.8 Å². The summed E-state index contributed by atoms with van der Waals surface area (Å²) in [6, 6.07) is 6.56. The molecular weight excluding hydrogens is 557 g/mol. The molecule has 0 radical (unpaired) electrons. The maximum absolute atomic E-state index is 15.3. The van der Waals surface area contributed by atoms with Gasteiger partial charge in [-0.05, 0) is 61.1 Å². The maximum Gasteiger partial charge on any atom is 0.314 e. The van der Waals surface area contributed by atoms with Crippen molar-refractivity contribution in [3.05, 3.63) is 63.6 Å². The fraction of sp³-hybridized carbons (Fsp3) is 0.375. The second-order valence-corrected chi connectivity index (χ2v) is 12.7. The molecule has 0 aliphatic carbocycles. The van der Waals surface area contributed by atoms with Crippen LogP contribution in [0.25, 0.3) is 5.69 Å². The summed E-state index contributed by atoms with van der Waals surface area (Å²) in [4.78, 5) is 37.7. The number of rotatable bonds is 11. The van der Waals surface area contributed by atoms with Crippen LogP contribution in [0, 0.1) is 5.82 Å². The van der Waals surface area contributed by atoms with E-state index in [1.165, 1.54) is 28.4 Å². The molecule has 202 valence electrons. The Kier molecular flexibility index (Phi) is 7.82. The molecule has 3 aromatic rings. The van der Waals surface area contributed by atoms with Crippen molar-refractivity contribution in [2.45, 2.75) is 31.8 Å². The zero-order valence-electron chi connectivity index (χ0n) is 20.2. The van der Waals surface area contributed by atoms with E-state index in [1.54, 1.807) is 35.2 Å². The topological polar surface area (TPSA) is 105 Å². The quantitative estimate of drug-likeness (QED) is 0.253. The molecule has 0 saturated carbocycles. The summed E-state index contributed by atoms with van der Waals surface area (Å²) in [5.41, 5.74) is 0.576. The minimum Gasteiger partial charge on any atom is -0.355 e. The van der Waals surface area contributed by atoms with E-state index in [0.29, 0.717) is 21.0 Å². The molecule has 0 spiro atoms. The van der Waals surface area contributed by atoms with Gasteiger partial charge in [-0.15, -0.1) is 11.3 Å². The number of benzene rings is 1. The number of hydrogen-bond acceptors (Lipinski definition) is 8. The number of hydrogen-bond donors (Lipinski definition) is 0. The Hall–Kier alpha value is -2.84. The van der Waals surface area contributed by atoms with Gasteiger partial charge in [0, 0.05) is 35.6 Å². The summed E-state index contributed by atoms with van der Waals surface area (Å²) in [6.07, 6.45) is 4.72. The molecule has 5 rings (SSSR count). The molecule has 1 atom stereocenters. The maximum atomic E-state index is 15.3. The number of carbonyl (C=O) groups is 2. The van der Waals surface area contributed by atoms with Gasteiger partial charge in [0.2, 0.25) is 15.9 Å². The number of nitrogens with zero attached hydrogens (tertiary/aromatic N) is 5. The minimum atomic E-state index is -4.17. The largest absolute Gasteiger partial charge is 0.355 e. The fourth-order valence-electron chi connectivity index (χ4n) is 4.57. The van der Waals surface area contributed by atoms with Gasteiger partial charge in [-0.3, -0.25) is 14.5 Å². The van der Waals surface area contributed by atoms with E-state index in [0.717, 1.165) is 30.2 Å². The van der Waals surface area contributed by atoms with E-state index in [-0.39, 0.29) is 31.5 Å². The van der Waals surface area contributed by atoms with E-state index in [9.17, 15) is 18.0 Å². The predicted octanol–water partition coefficient (Wildman–Crippen LogP) is 3.00. The number of aromatic nitrogens is 2. The van der Waals surface area contributed by atoms with Crippen molar-refractivity contribution in [2.24, 2.45) is 0 Å². The Morgan fingerprint density at radius 2 is 2.05 bits per heavy atom. The molecule has 2 aliphatic heterocycles. The van der Waals surface area contributed by atoms with Gasteiger partial charge >= 0.3 is 6.47 Å². The molecule has 14 heteroatoms. The first-order valence-electron chi connectivity index (χ1n) is 12.0. The van der Waals surface area contributed by atoms with Crippen LogP contribution in [0.15, 0.2) is 42.7 Å². The molecule has 4 heterocycles. The predicted molar refractivity (Wildman–Crippen MR) is 140 cm³/mol. The lowest BCUT2D eigenvalue weighted by Gasteiger charge is -2.30. The van der Waals surface area contributed by atoms with Gasteiger partial charge in [-0.2, -0.15) is 0 Å². The lowest BCUT2D eigenvalue weighted by Crippen LogP contribution is -2.46. The third-order valence-electron chi connectivity index (χ3n) is 6.62. The number of aryl methyl sites for hydroxylation is 1.